The Morgan fingerprint density at radius 3 is 2.41 bits per heavy atom. The quantitative estimate of drug-likeness (QED) is 0.719. The van der Waals surface area contributed by atoms with Crippen LogP contribution in [0, 0.1) is 0 Å². The van der Waals surface area contributed by atoms with Gasteiger partial charge in [0.15, 0.2) is 11.4 Å². The molecular weight excluding hydrogens is 400 g/mol. The number of nitrogens with zero attached hydrogens (tertiary/aromatic N) is 2. The highest BCUT2D eigenvalue weighted by Gasteiger charge is 2.51. The van der Waals surface area contributed by atoms with Gasteiger partial charge in [0, 0.05) is 11.1 Å². The third-order valence-electron chi connectivity index (χ3n) is 7.37. The summed E-state index contributed by atoms with van der Waals surface area (Å²) >= 11 is 0. The number of anilines is 1. The number of para-hydroxylation sites is 1. The molecule has 2 aromatic rings. The van der Waals surface area contributed by atoms with Crippen LogP contribution in [0.25, 0.3) is 0 Å². The number of Topliss-reactive ketones (excluding diaryl/α,β-unsaturated/α-hetero) is 1. The van der Waals surface area contributed by atoms with Crippen LogP contribution in [-0.2, 0) is 23.2 Å². The van der Waals surface area contributed by atoms with Crippen molar-refractivity contribution in [3.63, 3.8) is 0 Å². The number of rotatable bonds is 5. The molecule has 1 N–H and O–H groups in total. The Morgan fingerprint density at radius 1 is 0.906 bits per heavy atom. The predicted octanol–water partition coefficient (Wildman–Crippen LogP) is 4.21. The van der Waals surface area contributed by atoms with E-state index in [1.54, 1.807) is 11.0 Å². The maximum absolute atomic E-state index is 13.5. The van der Waals surface area contributed by atoms with Crippen LogP contribution in [0.3, 0.4) is 0 Å². The molecule has 0 saturated carbocycles. The summed E-state index contributed by atoms with van der Waals surface area (Å²) in [6, 6.07) is 13.3. The second-order valence-electron chi connectivity index (χ2n) is 9.57. The number of hydrogen-bond acceptors (Lipinski definition) is 4. The molecule has 168 valence electrons. The molecule has 1 amide bonds. The molecule has 32 heavy (non-hydrogen) atoms. The molecule has 1 fully saturated rings. The average Bonchev–Trinajstić information content (AvgIpc) is 3.00. The first-order chi connectivity index (χ1) is 15.6. The number of hydrogen-bond donors (Lipinski definition) is 1. The van der Waals surface area contributed by atoms with Crippen molar-refractivity contribution in [2.45, 2.75) is 63.4 Å². The van der Waals surface area contributed by atoms with Gasteiger partial charge in [0.05, 0.1) is 18.8 Å². The van der Waals surface area contributed by atoms with E-state index in [2.05, 4.69) is 4.90 Å². The van der Waals surface area contributed by atoms with Crippen molar-refractivity contribution in [2.75, 3.05) is 24.7 Å². The molecule has 5 nitrogen and oxygen atoms in total. The zero-order valence-corrected chi connectivity index (χ0v) is 18.7. The van der Waals surface area contributed by atoms with Crippen LogP contribution >= 0.6 is 0 Å². The van der Waals surface area contributed by atoms with Crippen LogP contribution in [-0.4, -0.2) is 41.5 Å². The molecule has 0 bridgehead atoms. The highest BCUT2D eigenvalue weighted by atomic mass is 16.3. The molecule has 2 aromatic carbocycles. The van der Waals surface area contributed by atoms with Crippen LogP contribution in [0.2, 0.25) is 0 Å². The Bertz CT molecular complexity index is 1030. The number of benzene rings is 2. The first-order valence-electron chi connectivity index (χ1n) is 12.1. The van der Waals surface area contributed by atoms with Crippen molar-refractivity contribution >= 4 is 17.4 Å². The predicted molar refractivity (Wildman–Crippen MR) is 125 cm³/mol. The average molecular weight is 433 g/mol. The van der Waals surface area contributed by atoms with Crippen LogP contribution in [0.4, 0.5) is 5.69 Å². The molecule has 1 unspecified atom stereocenters. The fourth-order valence-electron chi connectivity index (χ4n) is 5.54. The Hall–Kier alpha value is -2.50. The number of ketones is 1. The lowest BCUT2D eigenvalue weighted by Gasteiger charge is -2.28. The number of fused-ring (bicyclic) bond motifs is 2. The molecule has 5 rings (SSSR count). The number of aliphatic hydroxyl groups is 1. The van der Waals surface area contributed by atoms with E-state index in [0.29, 0.717) is 17.8 Å². The van der Waals surface area contributed by atoms with Crippen molar-refractivity contribution < 1.29 is 14.7 Å². The monoisotopic (exact) mass is 432 g/mol. The summed E-state index contributed by atoms with van der Waals surface area (Å²) in [5.41, 5.74) is 2.60. The van der Waals surface area contributed by atoms with E-state index in [4.69, 9.17) is 0 Å². The van der Waals surface area contributed by atoms with Crippen molar-refractivity contribution in [2.24, 2.45) is 0 Å². The molecule has 3 aliphatic rings. The minimum Gasteiger partial charge on any atom is -0.375 e. The fourth-order valence-corrected chi connectivity index (χ4v) is 5.54. The molecule has 2 aliphatic heterocycles. The van der Waals surface area contributed by atoms with Gasteiger partial charge in [-0.25, -0.2) is 0 Å². The molecule has 1 aliphatic carbocycles. The molecule has 0 radical (unpaired) electrons. The van der Waals surface area contributed by atoms with Gasteiger partial charge in [-0.05, 0) is 74.9 Å². The number of likely N-dealkylation sites (tertiary alicyclic amines) is 1. The summed E-state index contributed by atoms with van der Waals surface area (Å²) in [5.74, 6) is -0.560. The lowest BCUT2D eigenvalue weighted by atomic mass is 9.85. The number of carbonyl (C=O) groups is 2. The van der Waals surface area contributed by atoms with Gasteiger partial charge in [0.2, 0.25) is 0 Å². The molecule has 2 heterocycles. The zero-order valence-electron chi connectivity index (χ0n) is 18.7. The first kappa shape index (κ1) is 21.4. The second-order valence-corrected chi connectivity index (χ2v) is 9.57. The summed E-state index contributed by atoms with van der Waals surface area (Å²) in [5, 5.41) is 11.6. The van der Waals surface area contributed by atoms with E-state index >= 15 is 0 Å². The smallest absolute Gasteiger partial charge is 0.265 e. The molecule has 1 atom stereocenters. The van der Waals surface area contributed by atoms with Crippen LogP contribution in [0.5, 0.6) is 0 Å². The minimum atomic E-state index is -1.81. The highest BCUT2D eigenvalue weighted by Crippen LogP contribution is 2.43. The van der Waals surface area contributed by atoms with E-state index in [1.807, 2.05) is 36.4 Å². The van der Waals surface area contributed by atoms with E-state index in [9.17, 15) is 14.7 Å². The van der Waals surface area contributed by atoms with Gasteiger partial charge in [-0.15, -0.1) is 0 Å². The maximum Gasteiger partial charge on any atom is 0.265 e. The van der Waals surface area contributed by atoms with Crippen molar-refractivity contribution in [1.29, 1.82) is 0 Å². The molecule has 0 aromatic heterocycles. The minimum absolute atomic E-state index is 0.180. The normalized spacial score (nSPS) is 23.5. The van der Waals surface area contributed by atoms with E-state index in [0.717, 1.165) is 50.9 Å². The lowest BCUT2D eigenvalue weighted by molar-refractivity contribution is -0.136. The zero-order chi connectivity index (χ0) is 22.1. The topological polar surface area (TPSA) is 60.9 Å². The summed E-state index contributed by atoms with van der Waals surface area (Å²) in [6.07, 6.45) is 8.87. The van der Waals surface area contributed by atoms with E-state index in [-0.39, 0.29) is 18.1 Å². The van der Waals surface area contributed by atoms with Crippen LogP contribution in [0.15, 0.2) is 42.5 Å². The lowest BCUT2D eigenvalue weighted by Crippen LogP contribution is -2.46. The Morgan fingerprint density at radius 2 is 1.62 bits per heavy atom. The second kappa shape index (κ2) is 8.80. The van der Waals surface area contributed by atoms with E-state index in [1.165, 1.54) is 30.4 Å². The van der Waals surface area contributed by atoms with Gasteiger partial charge >= 0.3 is 0 Å². The third-order valence-corrected chi connectivity index (χ3v) is 7.37. The SMILES string of the molecule is O=C(CC1(O)C(=O)N(CN2CCCCCC2)c2ccccc21)c1ccc2c(c1)CCCC2. The summed E-state index contributed by atoms with van der Waals surface area (Å²) in [7, 11) is 0. The van der Waals surface area contributed by atoms with Gasteiger partial charge < -0.3 is 5.11 Å². The van der Waals surface area contributed by atoms with Crippen LogP contribution < -0.4 is 4.90 Å². The van der Waals surface area contributed by atoms with Crippen molar-refractivity contribution in [3.8, 4) is 0 Å². The number of amides is 1. The Labute approximate surface area is 190 Å². The van der Waals surface area contributed by atoms with Gasteiger partial charge in [0.1, 0.15) is 0 Å². The summed E-state index contributed by atoms with van der Waals surface area (Å²) in [6.45, 7) is 2.38. The van der Waals surface area contributed by atoms with Crippen molar-refractivity contribution in [3.05, 3.63) is 64.7 Å². The standard InChI is InChI=1S/C27H32N2O3/c30-25(22-14-13-20-9-3-4-10-21(20)17-22)18-27(32)23-11-5-6-12-24(23)29(26(27)31)19-28-15-7-1-2-8-16-28/h5-6,11-14,17,32H,1-4,7-10,15-16,18-19H2. The van der Waals surface area contributed by atoms with Crippen molar-refractivity contribution in [1.82, 2.24) is 4.90 Å². The highest BCUT2D eigenvalue weighted by molar-refractivity contribution is 6.10. The van der Waals surface area contributed by atoms with Gasteiger partial charge in [-0.3, -0.25) is 19.4 Å². The summed E-state index contributed by atoms with van der Waals surface area (Å²) < 4.78 is 0. The number of carbonyl (C=O) groups excluding carboxylic acids is 2. The molecular formula is C27H32N2O3. The number of aryl methyl sites for hydroxylation is 2. The van der Waals surface area contributed by atoms with Gasteiger partial charge in [-0.2, -0.15) is 0 Å². The fraction of sp³-hybridized carbons (Fsp3) is 0.481. The van der Waals surface area contributed by atoms with Gasteiger partial charge in [-0.1, -0.05) is 43.2 Å². The van der Waals surface area contributed by atoms with Gasteiger partial charge in [0.25, 0.3) is 5.91 Å². The van der Waals surface area contributed by atoms with Crippen LogP contribution in [0.1, 0.15) is 72.0 Å². The first-order valence-corrected chi connectivity index (χ1v) is 12.1. The maximum atomic E-state index is 13.5. The van der Waals surface area contributed by atoms with E-state index < -0.39 is 5.60 Å². The third kappa shape index (κ3) is 3.89. The summed E-state index contributed by atoms with van der Waals surface area (Å²) in [4.78, 5) is 30.8. The molecule has 5 heteroatoms. The molecule has 1 saturated heterocycles. The Balaban J connectivity index is 1.40. The largest absolute Gasteiger partial charge is 0.375 e. The Kier molecular flexibility index (Phi) is 5.87. The molecule has 0 spiro atoms.